The highest BCUT2D eigenvalue weighted by atomic mass is 32.1. The lowest BCUT2D eigenvalue weighted by atomic mass is 10.00. The van der Waals surface area contributed by atoms with Gasteiger partial charge in [-0.1, -0.05) is 12.1 Å². The van der Waals surface area contributed by atoms with E-state index in [9.17, 15) is 14.4 Å². The number of fused-ring (bicyclic) bond motifs is 1. The molecule has 1 aliphatic heterocycles. The molecular weight excluding hydrogens is 560 g/mol. The van der Waals surface area contributed by atoms with Crippen LogP contribution < -0.4 is 31.2 Å². The molecule has 1 aliphatic rings. The van der Waals surface area contributed by atoms with Crippen molar-refractivity contribution in [1.29, 1.82) is 0 Å². The molecule has 1 fully saturated rings. The number of amides is 3. The summed E-state index contributed by atoms with van der Waals surface area (Å²) in [5.41, 5.74) is 12.7. The normalized spacial score (nSPS) is 15.2. The van der Waals surface area contributed by atoms with Gasteiger partial charge in [0.15, 0.2) is 5.69 Å². The molecule has 0 radical (unpaired) electrons. The van der Waals surface area contributed by atoms with Crippen molar-refractivity contribution in [3.63, 3.8) is 0 Å². The Morgan fingerprint density at radius 2 is 2.00 bits per heavy atom. The van der Waals surface area contributed by atoms with E-state index in [0.717, 1.165) is 35.3 Å². The molecule has 13 heteroatoms. The number of ether oxygens (including phenoxy) is 3. The van der Waals surface area contributed by atoms with Gasteiger partial charge < -0.3 is 31.0 Å². The molecule has 3 heterocycles. The van der Waals surface area contributed by atoms with E-state index in [1.54, 1.807) is 48.7 Å². The predicted octanol–water partition coefficient (Wildman–Crippen LogP) is 3.07. The molecule has 2 aromatic carbocycles. The van der Waals surface area contributed by atoms with Gasteiger partial charge >= 0.3 is 0 Å². The van der Waals surface area contributed by atoms with Gasteiger partial charge in [-0.15, -0.1) is 0 Å². The molecule has 3 amide bonds. The Bertz CT molecular complexity index is 1640. The van der Waals surface area contributed by atoms with Crippen LogP contribution in [0.2, 0.25) is 0 Å². The number of methoxy groups -OCH3 is 2. The summed E-state index contributed by atoms with van der Waals surface area (Å²) in [5, 5.41) is 3.74. The van der Waals surface area contributed by atoms with Crippen LogP contribution in [0.15, 0.2) is 54.7 Å². The molecule has 0 spiro atoms. The molecule has 218 valence electrons. The Balaban J connectivity index is 1.70. The number of primary amides is 1. The zero-order valence-corrected chi connectivity index (χ0v) is 23.8. The van der Waals surface area contributed by atoms with Crippen LogP contribution in [0.25, 0.3) is 10.9 Å². The number of nitrogens with one attached hydrogen (secondary N) is 1. The second-order valence-electron chi connectivity index (χ2n) is 9.59. The highest BCUT2D eigenvalue weighted by Gasteiger charge is 2.38. The first kappa shape index (κ1) is 28.8. The third kappa shape index (κ3) is 5.69. The summed E-state index contributed by atoms with van der Waals surface area (Å²) >= 11 is 0.719. The topological polar surface area (TPSA) is 172 Å². The first-order valence-electron chi connectivity index (χ1n) is 13.2. The molecule has 0 saturated carbocycles. The number of carbonyl (C=O) groups excluding carboxylic acids is 3. The summed E-state index contributed by atoms with van der Waals surface area (Å²) in [4.78, 5) is 46.2. The van der Waals surface area contributed by atoms with Gasteiger partial charge in [-0.3, -0.25) is 24.3 Å². The standard InChI is InChI=1S/C29H30N6O6S/c1-39-18-8-10-22(40-2)21(14-18)35(29(38)26-23(30)24(27(31)36)34-42-26)25(28(37)33-15-19-6-4-12-41-19)17-7-9-20-16(13-17)5-3-11-32-20/h3,5,7-11,13-14,19,25H,4,6,12,15,30H2,1-2H3,(H2,31,36)(H,33,37)/t19-,25-/m0/s1. The molecule has 5 rings (SSSR count). The number of nitrogen functional groups attached to an aromatic ring is 1. The number of anilines is 2. The van der Waals surface area contributed by atoms with Gasteiger partial charge in [-0.25, -0.2) is 0 Å². The van der Waals surface area contributed by atoms with Crippen molar-refractivity contribution in [2.75, 3.05) is 38.0 Å². The van der Waals surface area contributed by atoms with Crippen molar-refractivity contribution >= 4 is 51.5 Å². The predicted molar refractivity (Wildman–Crippen MR) is 158 cm³/mol. The van der Waals surface area contributed by atoms with Crippen LogP contribution in [0.3, 0.4) is 0 Å². The van der Waals surface area contributed by atoms with E-state index in [1.165, 1.54) is 19.1 Å². The molecule has 12 nitrogen and oxygen atoms in total. The second-order valence-corrected chi connectivity index (χ2v) is 10.4. The van der Waals surface area contributed by atoms with Crippen LogP contribution in [0.5, 0.6) is 11.5 Å². The Morgan fingerprint density at radius 1 is 1.17 bits per heavy atom. The quantitative estimate of drug-likeness (QED) is 0.251. The summed E-state index contributed by atoms with van der Waals surface area (Å²) in [6.45, 7) is 0.885. The van der Waals surface area contributed by atoms with Crippen molar-refractivity contribution in [2.24, 2.45) is 5.73 Å². The average Bonchev–Trinajstić information content (AvgIpc) is 3.67. The number of hydrogen-bond donors (Lipinski definition) is 3. The molecule has 4 aromatic rings. The van der Waals surface area contributed by atoms with Crippen LogP contribution in [0.4, 0.5) is 11.4 Å². The lowest BCUT2D eigenvalue weighted by Gasteiger charge is -2.32. The second kappa shape index (κ2) is 12.4. The monoisotopic (exact) mass is 590 g/mol. The van der Waals surface area contributed by atoms with Gasteiger partial charge in [0.25, 0.3) is 11.8 Å². The van der Waals surface area contributed by atoms with Gasteiger partial charge in [-0.2, -0.15) is 4.37 Å². The van der Waals surface area contributed by atoms with Crippen molar-refractivity contribution in [2.45, 2.75) is 25.0 Å². The smallest absolute Gasteiger partial charge is 0.273 e. The van der Waals surface area contributed by atoms with Crippen molar-refractivity contribution in [3.05, 3.63) is 70.9 Å². The fraction of sp³-hybridized carbons (Fsp3) is 0.276. The number of carbonyl (C=O) groups is 3. The fourth-order valence-electron chi connectivity index (χ4n) is 4.89. The summed E-state index contributed by atoms with van der Waals surface area (Å²) < 4.78 is 20.8. The van der Waals surface area contributed by atoms with Crippen molar-refractivity contribution in [3.8, 4) is 11.5 Å². The Kier molecular flexibility index (Phi) is 8.50. The van der Waals surface area contributed by atoms with Crippen LogP contribution >= 0.6 is 11.5 Å². The third-order valence-electron chi connectivity index (χ3n) is 7.00. The maximum atomic E-state index is 14.5. The highest BCUT2D eigenvalue weighted by Crippen LogP contribution is 2.40. The van der Waals surface area contributed by atoms with Gasteiger partial charge in [0.05, 0.1) is 37.2 Å². The first-order chi connectivity index (χ1) is 20.3. The molecule has 1 saturated heterocycles. The summed E-state index contributed by atoms with van der Waals surface area (Å²) in [6.07, 6.45) is 3.25. The van der Waals surface area contributed by atoms with E-state index < -0.39 is 23.8 Å². The summed E-state index contributed by atoms with van der Waals surface area (Å²) in [7, 11) is 2.94. The zero-order valence-electron chi connectivity index (χ0n) is 23.0. The van der Waals surface area contributed by atoms with Gasteiger partial charge in [0.1, 0.15) is 22.4 Å². The molecule has 42 heavy (non-hydrogen) atoms. The molecule has 0 bridgehead atoms. The van der Waals surface area contributed by atoms with Crippen LogP contribution in [-0.2, 0) is 9.53 Å². The number of nitrogens with zero attached hydrogens (tertiary/aromatic N) is 3. The van der Waals surface area contributed by atoms with E-state index in [2.05, 4.69) is 14.7 Å². The maximum Gasteiger partial charge on any atom is 0.273 e. The number of pyridine rings is 1. The third-order valence-corrected chi connectivity index (χ3v) is 7.85. The average molecular weight is 591 g/mol. The van der Waals surface area contributed by atoms with Crippen LogP contribution in [0.1, 0.15) is 44.6 Å². The molecule has 5 N–H and O–H groups in total. The Labute approximate surface area is 245 Å². The molecule has 2 aromatic heterocycles. The van der Waals surface area contributed by atoms with Gasteiger partial charge in [0.2, 0.25) is 5.91 Å². The minimum atomic E-state index is -1.22. The van der Waals surface area contributed by atoms with E-state index in [4.69, 9.17) is 25.7 Å². The van der Waals surface area contributed by atoms with E-state index in [0.29, 0.717) is 23.7 Å². The van der Waals surface area contributed by atoms with Crippen LogP contribution in [-0.4, -0.2) is 60.6 Å². The lowest BCUT2D eigenvalue weighted by Crippen LogP contribution is -2.45. The number of rotatable bonds is 10. The highest BCUT2D eigenvalue weighted by molar-refractivity contribution is 7.09. The van der Waals surface area contributed by atoms with Crippen molar-refractivity contribution < 1.29 is 28.6 Å². The van der Waals surface area contributed by atoms with Gasteiger partial charge in [0, 0.05) is 30.8 Å². The largest absolute Gasteiger partial charge is 0.497 e. The Hall–Kier alpha value is -4.75. The molecule has 0 aliphatic carbocycles. The number of nitrogens with two attached hydrogens (primary N) is 2. The van der Waals surface area contributed by atoms with E-state index in [1.807, 2.05) is 6.07 Å². The molecule has 2 atom stereocenters. The lowest BCUT2D eigenvalue weighted by molar-refractivity contribution is -0.123. The maximum absolute atomic E-state index is 14.5. The number of benzene rings is 2. The zero-order chi connectivity index (χ0) is 29.8. The van der Waals surface area contributed by atoms with E-state index in [-0.39, 0.29) is 34.6 Å². The summed E-state index contributed by atoms with van der Waals surface area (Å²) in [6, 6.07) is 12.6. The molecule has 0 unspecified atom stereocenters. The number of aromatic nitrogens is 2. The number of hydrogen-bond acceptors (Lipinski definition) is 10. The van der Waals surface area contributed by atoms with E-state index >= 15 is 0 Å². The minimum Gasteiger partial charge on any atom is -0.497 e. The van der Waals surface area contributed by atoms with Crippen LogP contribution in [0, 0.1) is 0 Å². The molecular formula is C29H30N6O6S. The Morgan fingerprint density at radius 3 is 2.69 bits per heavy atom. The summed E-state index contributed by atoms with van der Waals surface area (Å²) in [5.74, 6) is -1.32. The fourth-order valence-corrected chi connectivity index (χ4v) is 5.63. The first-order valence-corrected chi connectivity index (χ1v) is 13.9. The SMILES string of the molecule is COc1ccc(OC)c(N(C(=O)c2snc(C(N)=O)c2N)[C@H](C(=O)NC[C@@H]2CCCO2)c2ccc3ncccc3c2)c1. The minimum absolute atomic E-state index is 0.0620. The van der Waals surface area contributed by atoms with Gasteiger partial charge in [-0.05, 0) is 60.3 Å². The van der Waals surface area contributed by atoms with Crippen molar-refractivity contribution in [1.82, 2.24) is 14.7 Å².